The molecule has 19 heavy (non-hydrogen) atoms. The van der Waals surface area contributed by atoms with Crippen molar-refractivity contribution in [3.05, 3.63) is 36.7 Å². The fraction of sp³-hybridized carbons (Fsp3) is 0.154. The topological polar surface area (TPSA) is 63.8 Å². The predicted octanol–water partition coefficient (Wildman–Crippen LogP) is 3.20. The van der Waals surface area contributed by atoms with E-state index in [1.165, 1.54) is 11.8 Å². The first-order valence-electron chi connectivity index (χ1n) is 5.95. The summed E-state index contributed by atoms with van der Waals surface area (Å²) in [6, 6.07) is 7.90. The van der Waals surface area contributed by atoms with Crippen LogP contribution in [0.25, 0.3) is 10.9 Å². The van der Waals surface area contributed by atoms with Crippen LogP contribution in [-0.4, -0.2) is 21.5 Å². The van der Waals surface area contributed by atoms with Crippen molar-refractivity contribution in [2.75, 3.05) is 11.9 Å². The number of aromatic nitrogens is 3. The summed E-state index contributed by atoms with van der Waals surface area (Å²) >= 11 is 1.39. The predicted molar refractivity (Wildman–Crippen MR) is 74.3 cm³/mol. The van der Waals surface area contributed by atoms with Crippen LogP contribution < -0.4 is 5.32 Å². The summed E-state index contributed by atoms with van der Waals surface area (Å²) in [6.45, 7) is 2.79. The highest BCUT2D eigenvalue weighted by atomic mass is 32.2. The molecule has 0 aliphatic rings. The van der Waals surface area contributed by atoms with Crippen LogP contribution in [0.3, 0.4) is 0 Å². The van der Waals surface area contributed by atoms with Gasteiger partial charge in [0.15, 0.2) is 0 Å². The maximum Gasteiger partial charge on any atom is 0.261 e. The lowest BCUT2D eigenvalue weighted by Crippen LogP contribution is -2.03. The SMILES string of the molecule is CCNc1nc(Sc2ncco2)c2ccccc2n1. The Labute approximate surface area is 114 Å². The van der Waals surface area contributed by atoms with Crippen LogP contribution in [0.15, 0.2) is 51.4 Å². The first-order valence-corrected chi connectivity index (χ1v) is 6.76. The molecule has 2 heterocycles. The van der Waals surface area contributed by atoms with Gasteiger partial charge in [0, 0.05) is 11.9 Å². The number of hydrogen-bond donors (Lipinski definition) is 1. The zero-order chi connectivity index (χ0) is 13.1. The van der Waals surface area contributed by atoms with Crippen LogP contribution in [0.2, 0.25) is 0 Å². The molecule has 1 aromatic carbocycles. The molecular weight excluding hydrogens is 260 g/mol. The number of rotatable bonds is 4. The highest BCUT2D eigenvalue weighted by Crippen LogP contribution is 2.31. The van der Waals surface area contributed by atoms with Crippen molar-refractivity contribution in [2.45, 2.75) is 17.2 Å². The van der Waals surface area contributed by atoms with E-state index < -0.39 is 0 Å². The summed E-state index contributed by atoms with van der Waals surface area (Å²) in [5.74, 6) is 0.621. The second kappa shape index (κ2) is 5.27. The molecule has 0 saturated carbocycles. The largest absolute Gasteiger partial charge is 0.440 e. The van der Waals surface area contributed by atoms with Gasteiger partial charge in [0.1, 0.15) is 11.3 Å². The number of nitrogens with one attached hydrogen (secondary N) is 1. The first-order chi connectivity index (χ1) is 9.36. The maximum atomic E-state index is 5.26. The molecule has 6 heteroatoms. The summed E-state index contributed by atoms with van der Waals surface area (Å²) in [5, 5.41) is 5.54. The van der Waals surface area contributed by atoms with E-state index in [0.29, 0.717) is 11.2 Å². The van der Waals surface area contributed by atoms with Gasteiger partial charge in [-0.3, -0.25) is 0 Å². The van der Waals surface area contributed by atoms with Crippen molar-refractivity contribution in [3.63, 3.8) is 0 Å². The second-order valence-electron chi connectivity index (χ2n) is 3.80. The lowest BCUT2D eigenvalue weighted by molar-refractivity contribution is 0.454. The van der Waals surface area contributed by atoms with Gasteiger partial charge in [-0.15, -0.1) is 0 Å². The van der Waals surface area contributed by atoms with Crippen molar-refractivity contribution >= 4 is 28.6 Å². The van der Waals surface area contributed by atoms with Gasteiger partial charge in [0.2, 0.25) is 5.95 Å². The lowest BCUT2D eigenvalue weighted by atomic mass is 10.2. The number of para-hydroxylation sites is 1. The highest BCUT2D eigenvalue weighted by Gasteiger charge is 2.10. The van der Waals surface area contributed by atoms with Crippen LogP contribution in [0.5, 0.6) is 0 Å². The summed E-state index contributed by atoms with van der Waals surface area (Å²) in [6.07, 6.45) is 3.17. The Hall–Kier alpha value is -2.08. The molecule has 0 bridgehead atoms. The molecule has 1 N–H and O–H groups in total. The van der Waals surface area contributed by atoms with E-state index in [0.717, 1.165) is 22.5 Å². The third kappa shape index (κ3) is 2.53. The Bertz CT molecular complexity index is 684. The van der Waals surface area contributed by atoms with Gasteiger partial charge in [-0.1, -0.05) is 18.2 Å². The molecule has 96 valence electrons. The second-order valence-corrected chi connectivity index (χ2v) is 4.74. The van der Waals surface area contributed by atoms with Crippen molar-refractivity contribution in [2.24, 2.45) is 0 Å². The molecule has 0 fully saturated rings. The molecule has 0 unspecified atom stereocenters. The van der Waals surface area contributed by atoms with Crippen molar-refractivity contribution in [1.29, 1.82) is 0 Å². The number of fused-ring (bicyclic) bond motifs is 1. The summed E-state index contributed by atoms with van der Waals surface area (Å²) < 4.78 is 5.26. The third-order valence-electron chi connectivity index (χ3n) is 2.50. The molecular formula is C13H12N4OS. The van der Waals surface area contributed by atoms with Crippen LogP contribution >= 0.6 is 11.8 Å². The Morgan fingerprint density at radius 2 is 2.16 bits per heavy atom. The zero-order valence-corrected chi connectivity index (χ0v) is 11.1. The molecule has 0 amide bonds. The number of benzene rings is 1. The molecule has 0 spiro atoms. The van der Waals surface area contributed by atoms with Gasteiger partial charge < -0.3 is 9.73 Å². The highest BCUT2D eigenvalue weighted by molar-refractivity contribution is 7.99. The van der Waals surface area contributed by atoms with E-state index in [4.69, 9.17) is 4.42 Å². The molecule has 0 saturated heterocycles. The van der Waals surface area contributed by atoms with Crippen molar-refractivity contribution in [1.82, 2.24) is 15.0 Å². The van der Waals surface area contributed by atoms with E-state index in [2.05, 4.69) is 20.3 Å². The van der Waals surface area contributed by atoms with Gasteiger partial charge in [0.25, 0.3) is 5.22 Å². The number of anilines is 1. The lowest BCUT2D eigenvalue weighted by Gasteiger charge is -2.07. The minimum atomic E-state index is 0.575. The molecule has 2 aromatic heterocycles. The molecule has 3 aromatic rings. The average molecular weight is 272 g/mol. The van der Waals surface area contributed by atoms with Crippen LogP contribution in [0.1, 0.15) is 6.92 Å². The molecule has 0 aliphatic heterocycles. The van der Waals surface area contributed by atoms with E-state index in [-0.39, 0.29) is 0 Å². The third-order valence-corrected chi connectivity index (χ3v) is 3.38. The van der Waals surface area contributed by atoms with Crippen LogP contribution in [-0.2, 0) is 0 Å². The van der Waals surface area contributed by atoms with E-state index in [1.807, 2.05) is 31.2 Å². The molecule has 5 nitrogen and oxygen atoms in total. The zero-order valence-electron chi connectivity index (χ0n) is 10.3. The van der Waals surface area contributed by atoms with E-state index in [9.17, 15) is 0 Å². The Morgan fingerprint density at radius 3 is 2.95 bits per heavy atom. The molecule has 0 radical (unpaired) electrons. The van der Waals surface area contributed by atoms with Gasteiger partial charge >= 0.3 is 0 Å². The smallest absolute Gasteiger partial charge is 0.261 e. The Morgan fingerprint density at radius 1 is 1.26 bits per heavy atom. The molecule has 3 rings (SSSR count). The standard InChI is InChI=1S/C13H12N4OS/c1-2-14-12-16-10-6-4-3-5-9(10)11(17-12)19-13-15-7-8-18-13/h3-8H,2H2,1H3,(H,14,16,17). The Balaban J connectivity index is 2.09. The van der Waals surface area contributed by atoms with E-state index >= 15 is 0 Å². The summed E-state index contributed by atoms with van der Waals surface area (Å²) in [7, 11) is 0. The monoisotopic (exact) mass is 272 g/mol. The Kier molecular flexibility index (Phi) is 3.33. The van der Waals surface area contributed by atoms with Crippen molar-refractivity contribution < 1.29 is 4.42 Å². The minimum Gasteiger partial charge on any atom is -0.440 e. The number of nitrogens with zero attached hydrogens (tertiary/aromatic N) is 3. The van der Waals surface area contributed by atoms with Gasteiger partial charge in [0.05, 0.1) is 11.7 Å². The fourth-order valence-electron chi connectivity index (χ4n) is 1.71. The van der Waals surface area contributed by atoms with Gasteiger partial charge in [-0.2, -0.15) is 0 Å². The molecule has 0 atom stereocenters. The summed E-state index contributed by atoms with van der Waals surface area (Å²) in [5.41, 5.74) is 0.905. The maximum absolute atomic E-state index is 5.26. The fourth-order valence-corrected chi connectivity index (χ4v) is 2.50. The quantitative estimate of drug-likeness (QED) is 0.736. The number of oxazole rings is 1. The minimum absolute atomic E-state index is 0.575. The van der Waals surface area contributed by atoms with Gasteiger partial charge in [-0.25, -0.2) is 15.0 Å². The first kappa shape index (κ1) is 12.0. The van der Waals surface area contributed by atoms with Crippen molar-refractivity contribution in [3.8, 4) is 0 Å². The average Bonchev–Trinajstić information content (AvgIpc) is 2.92. The molecule has 0 aliphatic carbocycles. The number of hydrogen-bond acceptors (Lipinski definition) is 6. The van der Waals surface area contributed by atoms with E-state index in [1.54, 1.807) is 12.5 Å². The van der Waals surface area contributed by atoms with Gasteiger partial charge in [-0.05, 0) is 24.8 Å². The van der Waals surface area contributed by atoms with Crippen LogP contribution in [0.4, 0.5) is 5.95 Å². The normalized spacial score (nSPS) is 10.8. The van der Waals surface area contributed by atoms with Crippen LogP contribution in [0, 0.1) is 0 Å². The summed E-state index contributed by atoms with van der Waals surface area (Å²) in [4.78, 5) is 13.1.